The van der Waals surface area contributed by atoms with Crippen LogP contribution in [0.15, 0.2) is 48.5 Å². The second-order valence-corrected chi connectivity index (χ2v) is 9.86. The Balaban J connectivity index is 2.05. The smallest absolute Gasteiger partial charge is 0.422 e. The van der Waals surface area contributed by atoms with Gasteiger partial charge in [-0.15, -0.1) is 0 Å². The minimum Gasteiger partial charge on any atom is -0.493 e. The van der Waals surface area contributed by atoms with Crippen molar-refractivity contribution in [3.8, 4) is 22.8 Å². The topological polar surface area (TPSA) is 115 Å². The van der Waals surface area contributed by atoms with Gasteiger partial charge in [0.05, 0.1) is 30.6 Å². The van der Waals surface area contributed by atoms with Crippen molar-refractivity contribution in [3.63, 3.8) is 0 Å². The Bertz CT molecular complexity index is 1400. The van der Waals surface area contributed by atoms with Gasteiger partial charge in [0.15, 0.2) is 17.3 Å². The number of aryl methyl sites for hydroxylation is 1. The Morgan fingerprint density at radius 2 is 1.78 bits per heavy atom. The molecule has 2 unspecified atom stereocenters. The van der Waals surface area contributed by atoms with E-state index >= 15 is 0 Å². The van der Waals surface area contributed by atoms with E-state index in [4.69, 9.17) is 20.3 Å². The number of carbonyl (C=O) groups excluding carboxylic acids is 1. The number of benzene rings is 2. The van der Waals surface area contributed by atoms with Crippen LogP contribution < -0.4 is 15.2 Å². The summed E-state index contributed by atoms with van der Waals surface area (Å²) >= 11 is 0. The van der Waals surface area contributed by atoms with Crippen molar-refractivity contribution >= 4 is 5.78 Å². The number of ketones is 1. The van der Waals surface area contributed by atoms with Crippen LogP contribution in [-0.4, -0.2) is 54.2 Å². The van der Waals surface area contributed by atoms with E-state index in [2.05, 4.69) is 4.98 Å². The largest absolute Gasteiger partial charge is 0.493 e. The van der Waals surface area contributed by atoms with Crippen molar-refractivity contribution in [1.29, 1.82) is 0 Å². The van der Waals surface area contributed by atoms with Gasteiger partial charge in [-0.1, -0.05) is 0 Å². The minimum atomic E-state index is -5.30. The maximum atomic E-state index is 14.5. The number of nitrogens with zero attached hydrogens (tertiary/aromatic N) is 1. The third kappa shape index (κ3) is 7.00. The molecule has 7 nitrogen and oxygen atoms in total. The molecule has 4 N–H and O–H groups in total. The van der Waals surface area contributed by atoms with Crippen molar-refractivity contribution < 1.29 is 46.4 Å². The summed E-state index contributed by atoms with van der Waals surface area (Å²) in [5, 5.41) is 20.0. The van der Waals surface area contributed by atoms with Gasteiger partial charge < -0.3 is 25.4 Å². The zero-order valence-electron chi connectivity index (χ0n) is 22.7. The molecular weight excluding hydrogens is 551 g/mol. The third-order valence-corrected chi connectivity index (χ3v) is 6.66. The highest BCUT2D eigenvalue weighted by molar-refractivity contribution is 5.96. The lowest BCUT2D eigenvalue weighted by Gasteiger charge is -2.32. The van der Waals surface area contributed by atoms with Crippen LogP contribution in [0, 0.1) is 12.7 Å². The summed E-state index contributed by atoms with van der Waals surface area (Å²) in [6.45, 7) is 1.27. The van der Waals surface area contributed by atoms with Crippen LogP contribution in [0.3, 0.4) is 0 Å². The van der Waals surface area contributed by atoms with E-state index in [-0.39, 0.29) is 52.7 Å². The molecule has 1 heterocycles. The summed E-state index contributed by atoms with van der Waals surface area (Å²) in [4.78, 5) is 17.0. The molecule has 0 saturated carbocycles. The molecule has 3 rings (SSSR count). The minimum absolute atomic E-state index is 0.00104. The third-order valence-electron chi connectivity index (χ3n) is 6.66. The number of Topliss-reactive ketones (excluding diaryl/α,β-unsaturated/α-hetero) is 1. The summed E-state index contributed by atoms with van der Waals surface area (Å²) in [6.07, 6.45) is -7.17. The maximum Gasteiger partial charge on any atom is 0.422 e. The van der Waals surface area contributed by atoms with Crippen LogP contribution in [-0.2, 0) is 11.1 Å². The Hall–Kier alpha value is -3.61. The second kappa shape index (κ2) is 12.5. The van der Waals surface area contributed by atoms with Gasteiger partial charge in [-0.2, -0.15) is 13.2 Å². The molecule has 2 atom stereocenters. The van der Waals surface area contributed by atoms with Gasteiger partial charge in [0.1, 0.15) is 19.1 Å². The molecule has 1 aromatic heterocycles. The van der Waals surface area contributed by atoms with Crippen LogP contribution in [0.25, 0.3) is 11.3 Å². The van der Waals surface area contributed by atoms with Gasteiger partial charge in [-0.3, -0.25) is 4.79 Å². The lowest BCUT2D eigenvalue weighted by atomic mass is 9.86. The van der Waals surface area contributed by atoms with Crippen molar-refractivity contribution in [1.82, 2.24) is 4.98 Å². The number of aliphatic hydroxyl groups is 2. The highest BCUT2D eigenvalue weighted by Gasteiger charge is 2.56. The number of hydrogen-bond donors (Lipinski definition) is 3. The molecule has 0 bridgehead atoms. The molecule has 0 radical (unpaired) electrons. The number of ether oxygens (including phenoxy) is 2. The van der Waals surface area contributed by atoms with E-state index in [1.807, 2.05) is 0 Å². The fourth-order valence-electron chi connectivity index (χ4n) is 4.07. The molecule has 41 heavy (non-hydrogen) atoms. The van der Waals surface area contributed by atoms with Gasteiger partial charge in [0.2, 0.25) is 5.60 Å². The molecule has 0 fully saturated rings. The predicted molar refractivity (Wildman–Crippen MR) is 141 cm³/mol. The summed E-state index contributed by atoms with van der Waals surface area (Å²) in [6, 6.07) is 9.87. The van der Waals surface area contributed by atoms with Crippen molar-refractivity contribution in [2.75, 3.05) is 27.0 Å². The van der Waals surface area contributed by atoms with Gasteiger partial charge in [-0.05, 0) is 79.9 Å². The zero-order chi connectivity index (χ0) is 30.6. The average molecular weight is 583 g/mol. The number of nitrogens with two attached hydrogens (primary N) is 1. The molecule has 0 saturated heterocycles. The fourth-order valence-corrected chi connectivity index (χ4v) is 4.07. The molecule has 0 spiro atoms. The summed E-state index contributed by atoms with van der Waals surface area (Å²) in [5.41, 5.74) is 0.000197. The first-order chi connectivity index (χ1) is 19.2. The summed E-state index contributed by atoms with van der Waals surface area (Å²) in [5.74, 6) is -0.949. The maximum absolute atomic E-state index is 14.5. The highest BCUT2D eigenvalue weighted by Crippen LogP contribution is 2.44. The number of methoxy groups -OCH3 is 1. The molecular formula is C29H31F5N2O5. The molecule has 0 aliphatic rings. The van der Waals surface area contributed by atoms with E-state index in [1.54, 1.807) is 0 Å². The van der Waals surface area contributed by atoms with Crippen molar-refractivity contribution in [2.45, 2.75) is 44.0 Å². The van der Waals surface area contributed by atoms with Gasteiger partial charge >= 0.3 is 6.18 Å². The zero-order valence-corrected chi connectivity index (χ0v) is 22.7. The van der Waals surface area contributed by atoms with Gasteiger partial charge in [0, 0.05) is 17.5 Å². The molecule has 222 valence electrons. The number of halogens is 5. The van der Waals surface area contributed by atoms with Gasteiger partial charge in [-0.25, -0.2) is 13.8 Å². The molecule has 0 aliphatic heterocycles. The first-order valence-electron chi connectivity index (χ1n) is 12.5. The standard InChI is InChI=1S/C29H31F5N2O5/c1-17-12-18(4-6-21(17)31)22-14-20(27(2,35)16-30)15-26(36-22)28(39,29(32,33)34)9-8-23(38)19-5-7-24(41-11-10-37)25(13-19)40-3/h4-7,12-15,37,39H,8-11,16,35H2,1-3H3. The van der Waals surface area contributed by atoms with Crippen LogP contribution in [0.5, 0.6) is 11.5 Å². The van der Waals surface area contributed by atoms with Crippen LogP contribution in [0.4, 0.5) is 22.0 Å². The molecule has 12 heteroatoms. The van der Waals surface area contributed by atoms with Crippen LogP contribution >= 0.6 is 0 Å². The lowest BCUT2D eigenvalue weighted by Crippen LogP contribution is -2.44. The number of aromatic nitrogens is 1. The monoisotopic (exact) mass is 582 g/mol. The van der Waals surface area contributed by atoms with E-state index in [1.165, 1.54) is 57.4 Å². The fraction of sp³-hybridized carbons (Fsp3) is 0.379. The van der Waals surface area contributed by atoms with Crippen LogP contribution in [0.2, 0.25) is 0 Å². The molecule has 0 aliphatic carbocycles. The first-order valence-corrected chi connectivity index (χ1v) is 12.5. The Labute approximate surface area is 233 Å². The number of pyridine rings is 1. The van der Waals surface area contributed by atoms with E-state index in [0.717, 1.165) is 12.1 Å². The Morgan fingerprint density at radius 1 is 1.07 bits per heavy atom. The van der Waals surface area contributed by atoms with E-state index < -0.39 is 54.1 Å². The number of aliphatic hydroxyl groups excluding tert-OH is 1. The normalized spacial score (nSPS) is 14.7. The highest BCUT2D eigenvalue weighted by atomic mass is 19.4. The summed E-state index contributed by atoms with van der Waals surface area (Å²) in [7, 11) is 1.30. The number of carbonyl (C=O) groups is 1. The van der Waals surface area contributed by atoms with Crippen molar-refractivity contribution in [3.05, 3.63) is 76.7 Å². The van der Waals surface area contributed by atoms with Crippen molar-refractivity contribution in [2.24, 2.45) is 5.73 Å². The predicted octanol–water partition coefficient (Wildman–Crippen LogP) is 5.13. The molecule has 2 aromatic carbocycles. The SMILES string of the molecule is COc1cc(C(=O)CCC(O)(c2cc(C(C)(N)CF)cc(-c3ccc(F)c(C)c3)n2)C(F)(F)F)ccc1OCCO. The van der Waals surface area contributed by atoms with Crippen LogP contribution in [0.1, 0.15) is 46.9 Å². The molecule has 3 aromatic rings. The Kier molecular flexibility index (Phi) is 9.73. The van der Waals surface area contributed by atoms with Gasteiger partial charge in [0.25, 0.3) is 0 Å². The molecule has 0 amide bonds. The summed E-state index contributed by atoms with van der Waals surface area (Å²) < 4.78 is 81.6. The lowest BCUT2D eigenvalue weighted by molar-refractivity contribution is -0.270. The second-order valence-electron chi connectivity index (χ2n) is 9.86. The van der Waals surface area contributed by atoms with E-state index in [0.29, 0.717) is 0 Å². The van der Waals surface area contributed by atoms with E-state index in [9.17, 15) is 31.9 Å². The average Bonchev–Trinajstić information content (AvgIpc) is 2.94. The number of rotatable bonds is 12. The Morgan fingerprint density at radius 3 is 2.37 bits per heavy atom. The number of alkyl halides is 4. The quantitative estimate of drug-likeness (QED) is 0.200. The first kappa shape index (κ1) is 31.9. The number of hydrogen-bond acceptors (Lipinski definition) is 7.